The summed E-state index contributed by atoms with van der Waals surface area (Å²) in [5.74, 6) is -0.215. The number of hydrogen-bond donors (Lipinski definition) is 0. The Morgan fingerprint density at radius 3 is 2.34 bits per heavy atom. The number of benzene rings is 2. The van der Waals surface area contributed by atoms with Crippen molar-refractivity contribution in [3.8, 4) is 5.75 Å². The summed E-state index contributed by atoms with van der Waals surface area (Å²) in [4.78, 5) is 34.5. The summed E-state index contributed by atoms with van der Waals surface area (Å²) in [5.41, 5.74) is 0.799. The Labute approximate surface area is 187 Å². The average Bonchev–Trinajstić information content (AvgIpc) is 2.79. The highest BCUT2D eigenvalue weighted by Crippen LogP contribution is 2.19. The number of carbonyl (C=O) groups is 2. The van der Waals surface area contributed by atoms with Gasteiger partial charge in [-0.3, -0.25) is 14.9 Å². The molecule has 0 heterocycles. The first-order valence-electron chi connectivity index (χ1n) is 10.8. The number of carbonyl (C=O) groups excluding carboxylic acids is 2. The van der Waals surface area contributed by atoms with E-state index in [2.05, 4.69) is 6.92 Å². The summed E-state index contributed by atoms with van der Waals surface area (Å²) in [6.07, 6.45) is 3.71. The lowest BCUT2D eigenvalue weighted by atomic mass is 10.1. The Morgan fingerprint density at radius 1 is 0.969 bits per heavy atom. The molecule has 8 heteroatoms. The van der Waals surface area contributed by atoms with Gasteiger partial charge >= 0.3 is 12.1 Å². The maximum atomic E-state index is 12.2. The number of nitro groups is 1. The van der Waals surface area contributed by atoms with E-state index in [1.807, 2.05) is 30.3 Å². The molecule has 0 saturated heterocycles. The zero-order valence-electron chi connectivity index (χ0n) is 18.2. The highest BCUT2D eigenvalue weighted by atomic mass is 16.7. The normalized spacial score (nSPS) is 11.4. The number of unbranched alkanes of at least 4 members (excludes halogenated alkanes) is 3. The second kappa shape index (κ2) is 13.8. The second-order valence-electron chi connectivity index (χ2n) is 7.38. The van der Waals surface area contributed by atoms with Crippen LogP contribution in [-0.2, 0) is 20.9 Å². The molecule has 0 aromatic heterocycles. The number of non-ortho nitro benzene ring substituents is 1. The smallest absolute Gasteiger partial charge is 0.461 e. The Morgan fingerprint density at radius 2 is 1.69 bits per heavy atom. The van der Waals surface area contributed by atoms with Crippen LogP contribution in [0.3, 0.4) is 0 Å². The Bertz CT molecular complexity index is 852. The number of hydrogen-bond acceptors (Lipinski definition) is 7. The van der Waals surface area contributed by atoms with E-state index < -0.39 is 17.2 Å². The second-order valence-corrected chi connectivity index (χ2v) is 7.38. The van der Waals surface area contributed by atoms with Crippen molar-refractivity contribution in [2.24, 2.45) is 0 Å². The van der Waals surface area contributed by atoms with E-state index in [1.165, 1.54) is 24.3 Å². The molecule has 0 unspecified atom stereocenters. The van der Waals surface area contributed by atoms with E-state index in [-0.39, 0.29) is 30.4 Å². The van der Waals surface area contributed by atoms with Gasteiger partial charge < -0.3 is 14.2 Å². The van der Waals surface area contributed by atoms with Crippen molar-refractivity contribution in [2.75, 3.05) is 0 Å². The van der Waals surface area contributed by atoms with Crippen LogP contribution in [0.4, 0.5) is 10.5 Å². The highest BCUT2D eigenvalue weighted by Gasteiger charge is 2.19. The van der Waals surface area contributed by atoms with Gasteiger partial charge in [0.15, 0.2) is 0 Å². The fraction of sp³-hybridized carbons (Fsp3) is 0.417. The first-order valence-corrected chi connectivity index (χ1v) is 10.8. The number of rotatable bonds is 13. The third-order valence-corrected chi connectivity index (χ3v) is 4.80. The van der Waals surface area contributed by atoms with Crippen molar-refractivity contribution in [3.05, 3.63) is 70.3 Å². The molecule has 172 valence electrons. The predicted octanol–water partition coefficient (Wildman–Crippen LogP) is 5.97. The van der Waals surface area contributed by atoms with Gasteiger partial charge in [0, 0.05) is 18.6 Å². The summed E-state index contributed by atoms with van der Waals surface area (Å²) in [5, 5.41) is 10.7. The minimum atomic E-state index is -0.906. The molecule has 2 aromatic carbocycles. The first kappa shape index (κ1) is 24.8. The number of nitro benzene ring substituents is 1. The molecule has 0 bridgehead atoms. The van der Waals surface area contributed by atoms with Crippen LogP contribution in [0.25, 0.3) is 0 Å². The topological polar surface area (TPSA) is 105 Å². The van der Waals surface area contributed by atoms with Crippen LogP contribution in [0.5, 0.6) is 5.75 Å². The van der Waals surface area contributed by atoms with Gasteiger partial charge in [-0.1, -0.05) is 56.5 Å². The van der Waals surface area contributed by atoms with Crippen LogP contribution >= 0.6 is 0 Å². The van der Waals surface area contributed by atoms with Crippen molar-refractivity contribution in [1.82, 2.24) is 0 Å². The molecule has 2 aromatic rings. The largest absolute Gasteiger partial charge is 0.514 e. The van der Waals surface area contributed by atoms with E-state index >= 15 is 0 Å². The van der Waals surface area contributed by atoms with E-state index in [4.69, 9.17) is 14.2 Å². The van der Waals surface area contributed by atoms with Crippen LogP contribution in [0.2, 0.25) is 0 Å². The molecule has 0 amide bonds. The molecule has 0 aliphatic heterocycles. The monoisotopic (exact) mass is 443 g/mol. The number of nitrogens with zero attached hydrogens (tertiary/aromatic N) is 1. The van der Waals surface area contributed by atoms with Crippen molar-refractivity contribution in [2.45, 2.75) is 64.6 Å². The minimum Gasteiger partial charge on any atom is -0.461 e. The van der Waals surface area contributed by atoms with Gasteiger partial charge in [-0.05, 0) is 37.0 Å². The third kappa shape index (κ3) is 9.59. The molecule has 32 heavy (non-hydrogen) atoms. The molecule has 0 aliphatic rings. The Kier molecular flexibility index (Phi) is 10.7. The predicted molar refractivity (Wildman–Crippen MR) is 118 cm³/mol. The number of esters is 1. The standard InChI is InChI=1S/C24H29NO7/c1-2-3-4-8-11-21(16-17-23(26)30-18-19-9-6-5-7-10-19)31-24(27)32-22-14-12-20(13-15-22)25(28)29/h5-7,9-10,12-15,21H,2-4,8,11,16-18H2,1H3/t21-/m0/s1. The highest BCUT2D eigenvalue weighted by molar-refractivity contribution is 5.69. The third-order valence-electron chi connectivity index (χ3n) is 4.80. The van der Waals surface area contributed by atoms with Crippen molar-refractivity contribution in [3.63, 3.8) is 0 Å². The fourth-order valence-electron chi connectivity index (χ4n) is 3.04. The molecule has 0 N–H and O–H groups in total. The van der Waals surface area contributed by atoms with E-state index in [1.54, 1.807) is 0 Å². The summed E-state index contributed by atoms with van der Waals surface area (Å²) < 4.78 is 15.8. The zero-order valence-corrected chi connectivity index (χ0v) is 18.2. The lowest BCUT2D eigenvalue weighted by Gasteiger charge is -2.17. The first-order chi connectivity index (χ1) is 15.5. The van der Waals surface area contributed by atoms with Gasteiger partial charge in [-0.15, -0.1) is 0 Å². The lowest BCUT2D eigenvalue weighted by molar-refractivity contribution is -0.384. The van der Waals surface area contributed by atoms with Crippen LogP contribution < -0.4 is 4.74 Å². The minimum absolute atomic E-state index is 0.103. The van der Waals surface area contributed by atoms with Crippen LogP contribution in [0.1, 0.15) is 57.4 Å². The summed E-state index contributed by atoms with van der Waals surface area (Å²) in [6.45, 7) is 2.31. The molecule has 0 aliphatic carbocycles. The van der Waals surface area contributed by atoms with Gasteiger partial charge in [0.2, 0.25) is 0 Å². The molecular weight excluding hydrogens is 414 g/mol. The van der Waals surface area contributed by atoms with Crippen LogP contribution in [0.15, 0.2) is 54.6 Å². The number of ether oxygens (including phenoxy) is 3. The van der Waals surface area contributed by atoms with E-state index in [9.17, 15) is 19.7 Å². The maximum absolute atomic E-state index is 12.2. The molecule has 0 spiro atoms. The summed E-state index contributed by atoms with van der Waals surface area (Å²) >= 11 is 0. The van der Waals surface area contributed by atoms with Gasteiger partial charge in [0.05, 0.1) is 4.92 Å². The van der Waals surface area contributed by atoms with Crippen molar-refractivity contribution >= 4 is 17.8 Å². The quantitative estimate of drug-likeness (QED) is 0.123. The maximum Gasteiger partial charge on any atom is 0.514 e. The van der Waals surface area contributed by atoms with Crippen molar-refractivity contribution < 1.29 is 28.7 Å². The molecule has 0 saturated carbocycles. The molecule has 1 atom stereocenters. The summed E-state index contributed by atoms with van der Waals surface area (Å²) in [6, 6.07) is 14.5. The van der Waals surface area contributed by atoms with E-state index in [0.717, 1.165) is 31.2 Å². The SMILES string of the molecule is CCCCCC[C@@H](CCC(=O)OCc1ccccc1)OC(=O)Oc1ccc([N+](=O)[O-])cc1. The van der Waals surface area contributed by atoms with Gasteiger partial charge in [-0.2, -0.15) is 0 Å². The Balaban J connectivity index is 1.83. The molecule has 8 nitrogen and oxygen atoms in total. The summed E-state index contributed by atoms with van der Waals surface area (Å²) in [7, 11) is 0. The average molecular weight is 443 g/mol. The molecule has 0 fully saturated rings. The van der Waals surface area contributed by atoms with Gasteiger partial charge in [0.1, 0.15) is 18.5 Å². The van der Waals surface area contributed by atoms with Crippen LogP contribution in [0, 0.1) is 10.1 Å². The molecule has 0 radical (unpaired) electrons. The fourth-order valence-corrected chi connectivity index (χ4v) is 3.04. The Hall–Kier alpha value is -3.42. The lowest BCUT2D eigenvalue weighted by Crippen LogP contribution is -2.22. The van der Waals surface area contributed by atoms with Gasteiger partial charge in [0.25, 0.3) is 5.69 Å². The zero-order chi connectivity index (χ0) is 23.2. The van der Waals surface area contributed by atoms with Gasteiger partial charge in [-0.25, -0.2) is 4.79 Å². The van der Waals surface area contributed by atoms with E-state index in [0.29, 0.717) is 12.8 Å². The van der Waals surface area contributed by atoms with Crippen LogP contribution in [-0.4, -0.2) is 23.2 Å². The van der Waals surface area contributed by atoms with Crippen molar-refractivity contribution in [1.29, 1.82) is 0 Å². The molecule has 2 rings (SSSR count). The molecular formula is C24H29NO7.